The summed E-state index contributed by atoms with van der Waals surface area (Å²) in [6.45, 7) is 0. The van der Waals surface area contributed by atoms with E-state index in [0.717, 1.165) is 36.6 Å². The maximum atomic E-state index is 12.9. The number of carbonyl (C=O) groups is 1. The van der Waals surface area contributed by atoms with Crippen molar-refractivity contribution < 1.29 is 18.0 Å². The van der Waals surface area contributed by atoms with Gasteiger partial charge in [-0.3, -0.25) is 5.10 Å². The van der Waals surface area contributed by atoms with Gasteiger partial charge in [0, 0.05) is 35.4 Å². The quantitative estimate of drug-likeness (QED) is 0.254. The van der Waals surface area contributed by atoms with E-state index >= 15 is 0 Å². The number of amides is 2. The molecule has 0 aliphatic heterocycles. The number of H-pyrrole nitrogens is 1. The topological polar surface area (TPSA) is 111 Å². The van der Waals surface area contributed by atoms with Crippen molar-refractivity contribution in [3.63, 3.8) is 0 Å². The highest BCUT2D eigenvalue weighted by Crippen LogP contribution is 2.36. The molecule has 1 aliphatic rings. The number of nitrogens with one attached hydrogen (secondary N) is 4. The van der Waals surface area contributed by atoms with Crippen LogP contribution in [0.1, 0.15) is 18.4 Å². The van der Waals surface area contributed by atoms with Gasteiger partial charge in [-0.15, -0.1) is 0 Å². The second-order valence-electron chi connectivity index (χ2n) is 8.14. The molecule has 9 nitrogen and oxygen atoms in total. The fourth-order valence-electron chi connectivity index (χ4n) is 3.60. The van der Waals surface area contributed by atoms with Gasteiger partial charge in [0.15, 0.2) is 0 Å². The first-order valence-corrected chi connectivity index (χ1v) is 11.1. The zero-order valence-electron chi connectivity index (χ0n) is 18.8. The van der Waals surface area contributed by atoms with Gasteiger partial charge in [0.1, 0.15) is 11.6 Å². The van der Waals surface area contributed by atoms with Crippen LogP contribution in [0.4, 0.5) is 52.6 Å². The van der Waals surface area contributed by atoms with Crippen LogP contribution in [0.3, 0.4) is 0 Å². The molecule has 4 aromatic rings. The molecule has 2 aromatic heterocycles. The molecular formula is C24H21F3N8O. The summed E-state index contributed by atoms with van der Waals surface area (Å²) in [4.78, 5) is 23.2. The summed E-state index contributed by atoms with van der Waals surface area (Å²) in [5.74, 6) is 2.01. The van der Waals surface area contributed by atoms with Crippen molar-refractivity contribution in [2.45, 2.75) is 25.1 Å². The van der Waals surface area contributed by atoms with E-state index in [1.165, 1.54) is 12.1 Å². The summed E-state index contributed by atoms with van der Waals surface area (Å²) in [6, 6.07) is 14.6. The molecule has 2 amide bonds. The number of hydrogen-bond donors (Lipinski definition) is 4. The smallest absolute Gasteiger partial charge is 0.324 e. The molecule has 1 saturated carbocycles. The van der Waals surface area contributed by atoms with Crippen LogP contribution in [-0.4, -0.2) is 32.2 Å². The van der Waals surface area contributed by atoms with E-state index in [9.17, 15) is 18.0 Å². The van der Waals surface area contributed by atoms with E-state index in [1.807, 2.05) is 12.1 Å². The van der Waals surface area contributed by atoms with E-state index < -0.39 is 17.8 Å². The van der Waals surface area contributed by atoms with E-state index in [0.29, 0.717) is 23.4 Å². The number of benzene rings is 2. The van der Waals surface area contributed by atoms with Gasteiger partial charge in [-0.25, -0.2) is 9.78 Å². The largest absolute Gasteiger partial charge is 0.416 e. The lowest BCUT2D eigenvalue weighted by Gasteiger charge is -2.21. The SMILES string of the molecule is O=C(Nc1ccc(Nc2nccc(N(c3ccn[nH]3)C3CC3)n2)cc1)Nc1cccc(C(F)(F)F)c1. The average molecular weight is 494 g/mol. The van der Waals surface area contributed by atoms with E-state index in [1.54, 1.807) is 36.7 Å². The van der Waals surface area contributed by atoms with Gasteiger partial charge < -0.3 is 20.9 Å². The highest BCUT2D eigenvalue weighted by atomic mass is 19.4. The normalized spacial score (nSPS) is 13.2. The monoisotopic (exact) mass is 494 g/mol. The lowest BCUT2D eigenvalue weighted by Crippen LogP contribution is -2.21. The molecular weight excluding hydrogens is 473 g/mol. The number of aromatic nitrogens is 4. The molecule has 36 heavy (non-hydrogen) atoms. The van der Waals surface area contributed by atoms with Crippen LogP contribution in [0.5, 0.6) is 0 Å². The second kappa shape index (κ2) is 9.56. The highest BCUT2D eigenvalue weighted by Gasteiger charge is 2.32. The average Bonchev–Trinajstić information content (AvgIpc) is 3.53. The fraction of sp³-hybridized carbons (Fsp3) is 0.167. The number of anilines is 6. The predicted molar refractivity (Wildman–Crippen MR) is 130 cm³/mol. The van der Waals surface area contributed by atoms with Crippen LogP contribution in [0.15, 0.2) is 73.1 Å². The molecule has 2 aromatic carbocycles. The summed E-state index contributed by atoms with van der Waals surface area (Å²) in [7, 11) is 0. The molecule has 0 unspecified atom stereocenters. The van der Waals surface area contributed by atoms with Crippen molar-refractivity contribution in [2.24, 2.45) is 0 Å². The van der Waals surface area contributed by atoms with Gasteiger partial charge >= 0.3 is 12.2 Å². The molecule has 0 radical (unpaired) electrons. The van der Waals surface area contributed by atoms with Crippen LogP contribution in [-0.2, 0) is 6.18 Å². The molecule has 0 bridgehead atoms. The van der Waals surface area contributed by atoms with E-state index in [4.69, 9.17) is 0 Å². The Balaban J connectivity index is 1.21. The predicted octanol–water partition coefficient (Wildman–Crippen LogP) is 5.91. The Hall–Kier alpha value is -4.61. The summed E-state index contributed by atoms with van der Waals surface area (Å²) in [5, 5.41) is 15.1. The standard InChI is InChI=1S/C24H21F3N8O/c25-24(26,27)15-2-1-3-18(14-15)32-23(36)31-17-6-4-16(5-7-17)30-22-28-12-10-20(33-22)35(19-8-9-19)21-11-13-29-34-21/h1-7,10-14,19H,8-9H2,(H,29,34)(H,28,30,33)(H2,31,32,36). The molecule has 0 spiro atoms. The van der Waals surface area contributed by atoms with Crippen molar-refractivity contribution in [2.75, 3.05) is 20.9 Å². The minimum absolute atomic E-state index is 0.0352. The summed E-state index contributed by atoms with van der Waals surface area (Å²) in [6.07, 6.45) is 1.02. The van der Waals surface area contributed by atoms with Gasteiger partial charge in [-0.2, -0.15) is 23.3 Å². The summed E-state index contributed by atoms with van der Waals surface area (Å²) in [5.41, 5.74) is 0.342. The van der Waals surface area contributed by atoms with Crippen molar-refractivity contribution in [1.29, 1.82) is 0 Å². The first-order valence-electron chi connectivity index (χ1n) is 11.1. The molecule has 184 valence electrons. The summed E-state index contributed by atoms with van der Waals surface area (Å²) >= 11 is 0. The van der Waals surface area contributed by atoms with Crippen molar-refractivity contribution in [3.05, 3.63) is 78.6 Å². The maximum Gasteiger partial charge on any atom is 0.416 e. The Labute approximate surface area is 203 Å². The number of rotatable bonds is 7. The summed E-state index contributed by atoms with van der Waals surface area (Å²) < 4.78 is 38.6. The number of carbonyl (C=O) groups excluding carboxylic acids is 1. The lowest BCUT2D eigenvalue weighted by atomic mass is 10.2. The van der Waals surface area contributed by atoms with Crippen LogP contribution in [0.25, 0.3) is 0 Å². The number of hydrogen-bond acceptors (Lipinski definition) is 6. The van der Waals surface area contributed by atoms with Gasteiger partial charge in [0.2, 0.25) is 5.95 Å². The Kier molecular flexibility index (Phi) is 6.15. The van der Waals surface area contributed by atoms with Crippen molar-refractivity contribution in [3.8, 4) is 0 Å². The Morgan fingerprint density at radius 1 is 0.944 bits per heavy atom. The zero-order valence-corrected chi connectivity index (χ0v) is 18.8. The third kappa shape index (κ3) is 5.54. The van der Waals surface area contributed by atoms with Crippen molar-refractivity contribution >= 4 is 40.7 Å². The maximum absolute atomic E-state index is 12.9. The minimum atomic E-state index is -4.49. The van der Waals surface area contributed by atoms with Crippen LogP contribution in [0.2, 0.25) is 0 Å². The number of nitrogens with zero attached hydrogens (tertiary/aromatic N) is 4. The Morgan fingerprint density at radius 3 is 2.39 bits per heavy atom. The van der Waals surface area contributed by atoms with Gasteiger partial charge in [0.25, 0.3) is 0 Å². The number of alkyl halides is 3. The Morgan fingerprint density at radius 2 is 1.69 bits per heavy atom. The van der Waals surface area contributed by atoms with Crippen LogP contribution in [0, 0.1) is 0 Å². The van der Waals surface area contributed by atoms with E-state index in [-0.39, 0.29) is 5.69 Å². The van der Waals surface area contributed by atoms with Gasteiger partial charge in [0.05, 0.1) is 11.8 Å². The number of halogens is 3. The first kappa shape index (κ1) is 23.1. The number of urea groups is 1. The molecule has 12 heteroatoms. The van der Waals surface area contributed by atoms with E-state index in [2.05, 4.69) is 41.0 Å². The van der Waals surface area contributed by atoms with Crippen LogP contribution < -0.4 is 20.9 Å². The fourth-order valence-corrected chi connectivity index (χ4v) is 3.60. The first-order chi connectivity index (χ1) is 17.3. The lowest BCUT2D eigenvalue weighted by molar-refractivity contribution is -0.137. The van der Waals surface area contributed by atoms with Crippen LogP contribution >= 0.6 is 0 Å². The third-order valence-corrected chi connectivity index (χ3v) is 5.39. The minimum Gasteiger partial charge on any atom is -0.324 e. The molecule has 0 atom stereocenters. The molecule has 2 heterocycles. The molecule has 1 aliphatic carbocycles. The third-order valence-electron chi connectivity index (χ3n) is 5.39. The van der Waals surface area contributed by atoms with Crippen molar-refractivity contribution in [1.82, 2.24) is 20.2 Å². The second-order valence-corrected chi connectivity index (χ2v) is 8.14. The molecule has 4 N–H and O–H groups in total. The zero-order chi connectivity index (χ0) is 25.1. The molecule has 5 rings (SSSR count). The Bertz CT molecular complexity index is 1340. The number of aromatic amines is 1. The van der Waals surface area contributed by atoms with Gasteiger partial charge in [-0.1, -0.05) is 6.07 Å². The van der Waals surface area contributed by atoms with Gasteiger partial charge in [-0.05, 0) is 61.4 Å². The highest BCUT2D eigenvalue weighted by molar-refractivity contribution is 5.99. The molecule has 1 fully saturated rings. The molecule has 0 saturated heterocycles.